The van der Waals surface area contributed by atoms with E-state index in [0.29, 0.717) is 25.8 Å². The fourth-order valence-corrected chi connectivity index (χ4v) is 5.13. The third-order valence-corrected chi connectivity index (χ3v) is 7.06. The van der Waals surface area contributed by atoms with Gasteiger partial charge in [0, 0.05) is 36.5 Å². The number of hydrogen-bond acceptors (Lipinski definition) is 4. The molecule has 1 aromatic heterocycles. The number of nitrogens with one attached hydrogen (secondary N) is 2. The number of fused-ring (bicyclic) bond motifs is 1. The van der Waals surface area contributed by atoms with Crippen molar-refractivity contribution in [3.05, 3.63) is 71.9 Å². The van der Waals surface area contributed by atoms with Crippen molar-refractivity contribution in [3.8, 4) is 0 Å². The van der Waals surface area contributed by atoms with Crippen molar-refractivity contribution in [2.24, 2.45) is 0 Å². The van der Waals surface area contributed by atoms with Gasteiger partial charge in [0.1, 0.15) is 12.1 Å². The summed E-state index contributed by atoms with van der Waals surface area (Å²) in [5, 5.41) is 3.91. The quantitative estimate of drug-likeness (QED) is 0.280. The van der Waals surface area contributed by atoms with Crippen molar-refractivity contribution in [2.75, 3.05) is 13.2 Å². The van der Waals surface area contributed by atoms with Gasteiger partial charge < -0.3 is 19.9 Å². The van der Waals surface area contributed by atoms with Crippen LogP contribution in [0.2, 0.25) is 0 Å². The molecule has 2 atom stereocenters. The number of esters is 1. The largest absolute Gasteiger partial charge is 0.464 e. The van der Waals surface area contributed by atoms with Crippen LogP contribution in [0.15, 0.2) is 60.8 Å². The van der Waals surface area contributed by atoms with E-state index in [9.17, 15) is 14.4 Å². The predicted molar refractivity (Wildman–Crippen MR) is 144 cm³/mol. The molecule has 1 saturated heterocycles. The van der Waals surface area contributed by atoms with Gasteiger partial charge in [-0.15, -0.1) is 0 Å². The number of rotatable bonds is 12. The van der Waals surface area contributed by atoms with Gasteiger partial charge in [-0.1, -0.05) is 55.0 Å². The molecule has 0 saturated carbocycles. The van der Waals surface area contributed by atoms with E-state index in [-0.39, 0.29) is 18.4 Å². The average Bonchev–Trinajstić information content (AvgIpc) is 3.57. The second kappa shape index (κ2) is 13.1. The zero-order chi connectivity index (χ0) is 26.0. The number of nitrogens with zero attached hydrogens (tertiary/aromatic N) is 1. The highest BCUT2D eigenvalue weighted by atomic mass is 16.5. The molecule has 2 aromatic carbocycles. The number of likely N-dealkylation sites (tertiary alicyclic amines) is 1. The molecule has 37 heavy (non-hydrogen) atoms. The number of benzene rings is 2. The molecule has 196 valence electrons. The van der Waals surface area contributed by atoms with Gasteiger partial charge in [-0.05, 0) is 56.2 Å². The first-order chi connectivity index (χ1) is 18.1. The molecule has 0 bridgehead atoms. The molecule has 2 amide bonds. The number of hydrogen-bond donors (Lipinski definition) is 2. The summed E-state index contributed by atoms with van der Waals surface area (Å²) in [5.74, 6) is -0.732. The molecule has 0 aliphatic carbocycles. The number of unbranched alkanes of at least 4 members (excludes halogenated alkanes) is 2. The Balaban J connectivity index is 1.32. The molecule has 4 rings (SSSR count). The van der Waals surface area contributed by atoms with Gasteiger partial charge >= 0.3 is 5.97 Å². The summed E-state index contributed by atoms with van der Waals surface area (Å²) in [6.45, 7) is 2.56. The number of aromatic amines is 1. The van der Waals surface area contributed by atoms with Gasteiger partial charge in [-0.2, -0.15) is 0 Å². The Kier molecular flexibility index (Phi) is 9.35. The van der Waals surface area contributed by atoms with Crippen LogP contribution in [0.3, 0.4) is 0 Å². The fraction of sp³-hybridized carbons (Fsp3) is 0.433. The number of carbonyl (C=O) groups is 3. The van der Waals surface area contributed by atoms with Crippen LogP contribution in [0.1, 0.15) is 56.6 Å². The Morgan fingerprint density at radius 2 is 1.84 bits per heavy atom. The van der Waals surface area contributed by atoms with Crippen LogP contribution in [-0.4, -0.2) is 52.9 Å². The van der Waals surface area contributed by atoms with Crippen LogP contribution in [-0.2, 0) is 32.0 Å². The van der Waals surface area contributed by atoms with Crippen molar-refractivity contribution >= 4 is 28.7 Å². The van der Waals surface area contributed by atoms with Crippen LogP contribution in [0.5, 0.6) is 0 Å². The smallest absolute Gasteiger partial charge is 0.328 e. The summed E-state index contributed by atoms with van der Waals surface area (Å²) in [5.41, 5.74) is 3.22. The lowest BCUT2D eigenvalue weighted by Crippen LogP contribution is -2.51. The second-order valence-corrected chi connectivity index (χ2v) is 9.67. The summed E-state index contributed by atoms with van der Waals surface area (Å²) in [6, 6.07) is 16.9. The number of carbonyl (C=O) groups excluding carboxylic acids is 3. The van der Waals surface area contributed by atoms with Gasteiger partial charge in [0.25, 0.3) is 0 Å². The van der Waals surface area contributed by atoms with Crippen LogP contribution in [0, 0.1) is 0 Å². The summed E-state index contributed by atoms with van der Waals surface area (Å²) in [6.07, 6.45) is 7.84. The summed E-state index contributed by atoms with van der Waals surface area (Å²) in [4.78, 5) is 43.9. The standard InChI is InChI=1S/C30H37N3O4/c1-2-37-30(36)26(20-23-21-31-25-16-10-9-15-24(23)25)32-29(35)27-17-11-19-33(27)28(34)18-8-4-7-14-22-12-5-3-6-13-22/h3,5-6,9-10,12-13,15-16,21,26-27,31H,2,4,7-8,11,14,17-20H2,1H3,(H,32,35). The number of aryl methyl sites for hydroxylation is 1. The number of para-hydroxylation sites is 1. The molecular formula is C30H37N3O4. The van der Waals surface area contributed by atoms with Crippen LogP contribution >= 0.6 is 0 Å². The van der Waals surface area contributed by atoms with E-state index < -0.39 is 18.1 Å². The maximum atomic E-state index is 13.3. The molecule has 0 spiro atoms. The highest BCUT2D eigenvalue weighted by molar-refractivity contribution is 5.92. The summed E-state index contributed by atoms with van der Waals surface area (Å²) < 4.78 is 5.27. The first-order valence-corrected chi connectivity index (χ1v) is 13.4. The normalized spacial score (nSPS) is 16.0. The number of aromatic nitrogens is 1. The van der Waals surface area contributed by atoms with Crippen LogP contribution < -0.4 is 5.32 Å². The summed E-state index contributed by atoms with van der Waals surface area (Å²) >= 11 is 0. The summed E-state index contributed by atoms with van der Waals surface area (Å²) in [7, 11) is 0. The monoisotopic (exact) mass is 503 g/mol. The van der Waals surface area contributed by atoms with Gasteiger partial charge in [0.05, 0.1) is 6.61 Å². The van der Waals surface area contributed by atoms with Crippen molar-refractivity contribution in [1.29, 1.82) is 0 Å². The molecular weight excluding hydrogens is 466 g/mol. The van der Waals surface area contributed by atoms with E-state index in [1.807, 2.05) is 48.7 Å². The fourth-order valence-electron chi connectivity index (χ4n) is 5.13. The average molecular weight is 504 g/mol. The lowest BCUT2D eigenvalue weighted by molar-refractivity contribution is -0.148. The van der Waals surface area contributed by atoms with E-state index in [2.05, 4.69) is 22.4 Å². The third kappa shape index (κ3) is 7.00. The van der Waals surface area contributed by atoms with Gasteiger partial charge in [0.15, 0.2) is 0 Å². The van der Waals surface area contributed by atoms with Gasteiger partial charge in [-0.3, -0.25) is 9.59 Å². The van der Waals surface area contributed by atoms with E-state index in [4.69, 9.17) is 4.74 Å². The Morgan fingerprint density at radius 1 is 1.05 bits per heavy atom. The highest BCUT2D eigenvalue weighted by Crippen LogP contribution is 2.22. The van der Waals surface area contributed by atoms with E-state index >= 15 is 0 Å². The van der Waals surface area contributed by atoms with E-state index in [1.165, 1.54) is 5.56 Å². The first-order valence-electron chi connectivity index (χ1n) is 13.4. The van der Waals surface area contributed by atoms with Gasteiger partial charge in [-0.25, -0.2) is 4.79 Å². The maximum Gasteiger partial charge on any atom is 0.328 e. The molecule has 1 aliphatic heterocycles. The highest BCUT2D eigenvalue weighted by Gasteiger charge is 2.36. The van der Waals surface area contributed by atoms with Crippen LogP contribution in [0.4, 0.5) is 0 Å². The lowest BCUT2D eigenvalue weighted by atomic mass is 10.0. The molecule has 2 unspecified atom stereocenters. The molecule has 7 heteroatoms. The molecule has 3 aromatic rings. The predicted octanol–water partition coefficient (Wildman–Crippen LogP) is 4.55. The van der Waals surface area contributed by atoms with Gasteiger partial charge in [0.2, 0.25) is 11.8 Å². The van der Waals surface area contributed by atoms with Crippen molar-refractivity contribution < 1.29 is 19.1 Å². The first kappa shape index (κ1) is 26.5. The molecule has 2 N–H and O–H groups in total. The number of H-pyrrole nitrogens is 1. The Morgan fingerprint density at radius 3 is 2.65 bits per heavy atom. The molecule has 7 nitrogen and oxygen atoms in total. The molecule has 1 aliphatic rings. The second-order valence-electron chi connectivity index (χ2n) is 9.67. The van der Waals surface area contributed by atoms with E-state index in [1.54, 1.807) is 11.8 Å². The molecule has 0 radical (unpaired) electrons. The SMILES string of the molecule is CCOC(=O)C(Cc1c[nH]c2ccccc12)NC(=O)C1CCCN1C(=O)CCCCCc1ccccc1. The number of amides is 2. The minimum Gasteiger partial charge on any atom is -0.464 e. The minimum atomic E-state index is -0.817. The lowest BCUT2D eigenvalue weighted by Gasteiger charge is -2.26. The van der Waals surface area contributed by atoms with Crippen molar-refractivity contribution in [1.82, 2.24) is 15.2 Å². The zero-order valence-electron chi connectivity index (χ0n) is 21.6. The number of ether oxygens (including phenoxy) is 1. The van der Waals surface area contributed by atoms with E-state index in [0.717, 1.165) is 48.6 Å². The topological polar surface area (TPSA) is 91.5 Å². The Bertz CT molecular complexity index is 1190. The Hall–Kier alpha value is -3.61. The molecule has 2 heterocycles. The molecule has 1 fully saturated rings. The third-order valence-electron chi connectivity index (χ3n) is 7.06. The zero-order valence-corrected chi connectivity index (χ0v) is 21.6. The van der Waals surface area contributed by atoms with Crippen molar-refractivity contribution in [3.63, 3.8) is 0 Å². The maximum absolute atomic E-state index is 13.3. The van der Waals surface area contributed by atoms with Crippen molar-refractivity contribution in [2.45, 2.75) is 70.4 Å². The Labute approximate surface area is 218 Å². The van der Waals surface area contributed by atoms with Crippen LogP contribution in [0.25, 0.3) is 10.9 Å². The minimum absolute atomic E-state index is 0.0154.